The van der Waals surface area contributed by atoms with Gasteiger partial charge in [-0.2, -0.15) is 0 Å². The number of aromatic nitrogens is 1. The topological polar surface area (TPSA) is 50.3 Å². The minimum Gasteiger partial charge on any atom is -0.312 e. The monoisotopic (exact) mass is 326 g/mol. The van der Waals surface area contributed by atoms with E-state index in [1.54, 1.807) is 6.92 Å². The van der Waals surface area contributed by atoms with Crippen molar-refractivity contribution in [3.63, 3.8) is 0 Å². The number of aryl methyl sites for hydroxylation is 1. The summed E-state index contributed by atoms with van der Waals surface area (Å²) in [5.74, 6) is 0.534. The first-order valence-corrected chi connectivity index (χ1v) is 8.79. The average Bonchev–Trinajstić information content (AvgIpc) is 3.18. The highest BCUT2D eigenvalue weighted by Gasteiger charge is 2.36. The number of carbonyl (C=O) groups is 2. The third kappa shape index (κ3) is 2.49. The summed E-state index contributed by atoms with van der Waals surface area (Å²) in [5, 5.41) is 0.559. The number of thiazole rings is 1. The van der Waals surface area contributed by atoms with Gasteiger partial charge in [-0.15, -0.1) is 11.3 Å². The second kappa shape index (κ2) is 5.27. The Labute approximate surface area is 139 Å². The molecule has 1 saturated carbocycles. The highest BCUT2D eigenvalue weighted by Crippen LogP contribution is 2.38. The van der Waals surface area contributed by atoms with Gasteiger partial charge in [0.05, 0.1) is 5.69 Å². The van der Waals surface area contributed by atoms with Gasteiger partial charge in [0.15, 0.2) is 10.8 Å². The molecule has 5 heteroatoms. The van der Waals surface area contributed by atoms with Crippen molar-refractivity contribution in [2.75, 3.05) is 11.4 Å². The third-order valence-corrected chi connectivity index (χ3v) is 5.61. The normalized spacial score (nSPS) is 16.5. The number of nitrogens with zero attached hydrogens (tertiary/aromatic N) is 2. The van der Waals surface area contributed by atoms with Crippen LogP contribution in [0.5, 0.6) is 0 Å². The number of carbonyl (C=O) groups excluding carboxylic acids is 2. The summed E-state index contributed by atoms with van der Waals surface area (Å²) >= 11 is 1.44. The predicted octanol–water partition coefficient (Wildman–Crippen LogP) is 3.62. The van der Waals surface area contributed by atoms with E-state index in [0.29, 0.717) is 5.01 Å². The molecule has 0 spiro atoms. The number of Topliss-reactive ketones (excluding diaryl/α,β-unsaturated/α-hetero) is 1. The molecule has 1 aromatic carbocycles. The molecule has 1 aliphatic heterocycles. The average molecular weight is 326 g/mol. The van der Waals surface area contributed by atoms with E-state index in [9.17, 15) is 9.59 Å². The lowest BCUT2D eigenvalue weighted by molar-refractivity contribution is -0.119. The van der Waals surface area contributed by atoms with E-state index in [1.807, 2.05) is 24.0 Å². The largest absolute Gasteiger partial charge is 0.312 e. The third-order valence-electron chi connectivity index (χ3n) is 4.54. The molecule has 0 saturated heterocycles. The maximum atomic E-state index is 12.3. The maximum Gasteiger partial charge on any atom is 0.230 e. The van der Waals surface area contributed by atoms with E-state index < -0.39 is 0 Å². The van der Waals surface area contributed by atoms with Gasteiger partial charge in [0.25, 0.3) is 0 Å². The van der Waals surface area contributed by atoms with Crippen molar-refractivity contribution in [2.45, 2.75) is 33.1 Å². The van der Waals surface area contributed by atoms with Crippen molar-refractivity contribution in [3.8, 4) is 11.3 Å². The quantitative estimate of drug-likeness (QED) is 0.810. The zero-order chi connectivity index (χ0) is 16.1. The summed E-state index contributed by atoms with van der Waals surface area (Å²) in [7, 11) is 0. The lowest BCUT2D eigenvalue weighted by Gasteiger charge is -2.17. The van der Waals surface area contributed by atoms with Crippen molar-refractivity contribution in [1.29, 1.82) is 0 Å². The Morgan fingerprint density at radius 2 is 2.09 bits per heavy atom. The summed E-state index contributed by atoms with van der Waals surface area (Å²) in [5.41, 5.74) is 4.17. The Morgan fingerprint density at radius 1 is 1.30 bits per heavy atom. The number of amides is 1. The number of hydrogen-bond donors (Lipinski definition) is 0. The number of rotatable bonds is 3. The highest BCUT2D eigenvalue weighted by atomic mass is 32.1. The van der Waals surface area contributed by atoms with Crippen molar-refractivity contribution >= 4 is 28.7 Å². The van der Waals surface area contributed by atoms with Crippen LogP contribution >= 0.6 is 11.3 Å². The first-order chi connectivity index (χ1) is 11.0. The molecule has 2 aliphatic rings. The zero-order valence-corrected chi connectivity index (χ0v) is 14.1. The molecule has 1 fully saturated rings. The number of ketones is 1. The van der Waals surface area contributed by atoms with E-state index in [0.717, 1.165) is 47.6 Å². The van der Waals surface area contributed by atoms with Crippen LogP contribution in [0.15, 0.2) is 18.2 Å². The van der Waals surface area contributed by atoms with Crippen molar-refractivity contribution in [3.05, 3.63) is 33.6 Å². The number of hydrogen-bond acceptors (Lipinski definition) is 4. The standard InChI is InChI=1S/C18H18N2O2S/c1-10(21)17-19-16(11(2)23-17)14-5-6-15-13(9-14)7-8-20(15)18(22)12-3-4-12/h5-6,9,12H,3-4,7-8H2,1-2H3. The lowest BCUT2D eigenvalue weighted by Crippen LogP contribution is -2.30. The van der Waals surface area contributed by atoms with E-state index in [2.05, 4.69) is 11.1 Å². The lowest BCUT2D eigenvalue weighted by atomic mass is 10.1. The Morgan fingerprint density at radius 3 is 2.74 bits per heavy atom. The van der Waals surface area contributed by atoms with Gasteiger partial charge in [-0.05, 0) is 43.9 Å². The first-order valence-electron chi connectivity index (χ1n) is 7.97. The molecular formula is C18H18N2O2S. The highest BCUT2D eigenvalue weighted by molar-refractivity contribution is 7.14. The van der Waals surface area contributed by atoms with Crippen LogP contribution in [0.1, 0.15) is 40.0 Å². The fourth-order valence-corrected chi connectivity index (χ4v) is 3.97. The van der Waals surface area contributed by atoms with Crippen molar-refractivity contribution < 1.29 is 9.59 Å². The number of anilines is 1. The molecule has 23 heavy (non-hydrogen) atoms. The van der Waals surface area contributed by atoms with Crippen LogP contribution in [0.2, 0.25) is 0 Å². The van der Waals surface area contributed by atoms with E-state index >= 15 is 0 Å². The Bertz CT molecular complexity index is 820. The summed E-state index contributed by atoms with van der Waals surface area (Å²) in [6.07, 6.45) is 2.97. The fourth-order valence-electron chi connectivity index (χ4n) is 3.14. The summed E-state index contributed by atoms with van der Waals surface area (Å²) in [4.78, 5) is 31.3. The van der Waals surface area contributed by atoms with Crippen LogP contribution in [-0.2, 0) is 11.2 Å². The minimum absolute atomic E-state index is 0.00622. The Balaban J connectivity index is 1.68. The minimum atomic E-state index is 0.00622. The second-order valence-corrected chi connectivity index (χ2v) is 7.54. The maximum absolute atomic E-state index is 12.3. The molecule has 1 aliphatic carbocycles. The van der Waals surface area contributed by atoms with Gasteiger partial charge in [0.1, 0.15) is 0 Å². The summed E-state index contributed by atoms with van der Waals surface area (Å²) in [6.45, 7) is 4.32. The summed E-state index contributed by atoms with van der Waals surface area (Å²) < 4.78 is 0. The first kappa shape index (κ1) is 14.6. The molecule has 1 aromatic heterocycles. The molecule has 0 N–H and O–H groups in total. The molecule has 4 rings (SSSR count). The van der Waals surface area contributed by atoms with Crippen LogP contribution in [-0.4, -0.2) is 23.2 Å². The molecule has 2 heterocycles. The molecule has 1 amide bonds. The van der Waals surface area contributed by atoms with E-state index in [1.165, 1.54) is 16.9 Å². The predicted molar refractivity (Wildman–Crippen MR) is 91.1 cm³/mol. The van der Waals surface area contributed by atoms with E-state index in [4.69, 9.17) is 0 Å². The van der Waals surface area contributed by atoms with Gasteiger partial charge >= 0.3 is 0 Å². The zero-order valence-electron chi connectivity index (χ0n) is 13.3. The van der Waals surface area contributed by atoms with Crippen molar-refractivity contribution in [1.82, 2.24) is 4.98 Å². The molecule has 4 nitrogen and oxygen atoms in total. The Kier molecular flexibility index (Phi) is 3.34. The van der Waals surface area contributed by atoms with Crippen molar-refractivity contribution in [2.24, 2.45) is 5.92 Å². The van der Waals surface area contributed by atoms with Crippen LogP contribution in [0.4, 0.5) is 5.69 Å². The van der Waals surface area contributed by atoms with Crippen LogP contribution in [0, 0.1) is 12.8 Å². The van der Waals surface area contributed by atoms with Gasteiger partial charge < -0.3 is 4.90 Å². The van der Waals surface area contributed by atoms with Gasteiger partial charge in [-0.25, -0.2) is 4.98 Å². The molecule has 0 radical (unpaired) electrons. The molecule has 118 valence electrons. The van der Waals surface area contributed by atoms with Gasteiger partial charge in [0, 0.05) is 35.5 Å². The van der Waals surface area contributed by atoms with Gasteiger partial charge in [0.2, 0.25) is 5.91 Å². The molecular weight excluding hydrogens is 308 g/mol. The SMILES string of the molecule is CC(=O)c1nc(-c2ccc3c(c2)CCN3C(=O)C2CC2)c(C)s1. The van der Waals surface area contributed by atoms with E-state index in [-0.39, 0.29) is 17.6 Å². The number of benzene rings is 1. The summed E-state index contributed by atoms with van der Waals surface area (Å²) in [6, 6.07) is 6.18. The van der Waals surface area contributed by atoms with Gasteiger partial charge in [-0.1, -0.05) is 6.07 Å². The number of fused-ring (bicyclic) bond motifs is 1. The molecule has 0 atom stereocenters. The van der Waals surface area contributed by atoms with Crippen LogP contribution < -0.4 is 4.90 Å². The van der Waals surface area contributed by atoms with Gasteiger partial charge in [-0.3, -0.25) is 9.59 Å². The Hall–Kier alpha value is -2.01. The molecule has 0 unspecified atom stereocenters. The smallest absolute Gasteiger partial charge is 0.230 e. The molecule has 0 bridgehead atoms. The fraction of sp³-hybridized carbons (Fsp3) is 0.389. The second-order valence-electron chi connectivity index (χ2n) is 6.34. The molecule has 2 aromatic rings. The van der Waals surface area contributed by atoms with Crippen LogP contribution in [0.3, 0.4) is 0 Å². The van der Waals surface area contributed by atoms with Crippen LogP contribution in [0.25, 0.3) is 11.3 Å².